The fourth-order valence-corrected chi connectivity index (χ4v) is 4.29. The summed E-state index contributed by atoms with van der Waals surface area (Å²) in [6.07, 6.45) is 8.68. The van der Waals surface area contributed by atoms with E-state index in [4.69, 9.17) is 0 Å². The molecule has 1 saturated heterocycles. The van der Waals surface area contributed by atoms with Crippen molar-refractivity contribution in [3.8, 4) is 0 Å². The molecular formula is C20H30N2O. The summed E-state index contributed by atoms with van der Waals surface area (Å²) in [4.78, 5) is 15.0. The highest BCUT2D eigenvalue weighted by Crippen LogP contribution is 2.40. The smallest absolute Gasteiger partial charge is 0.237 e. The molecule has 1 amide bonds. The van der Waals surface area contributed by atoms with Gasteiger partial charge in [0.25, 0.3) is 0 Å². The number of carbonyl (C=O) groups is 1. The van der Waals surface area contributed by atoms with Gasteiger partial charge in [0.2, 0.25) is 5.91 Å². The van der Waals surface area contributed by atoms with Crippen LogP contribution in [0.3, 0.4) is 0 Å². The molecule has 3 nitrogen and oxygen atoms in total. The standard InChI is InChI=1S/C20H30N2O/c1-17(22-14-8-3-9-15-22)19(23)21-16-20(12-6-7-13-20)18-10-4-2-5-11-18/h2,4-5,10-11,17H,3,6-9,12-16H2,1H3,(H,21,23)/t17-/m0/s1. The van der Waals surface area contributed by atoms with Crippen molar-refractivity contribution in [3.05, 3.63) is 35.9 Å². The van der Waals surface area contributed by atoms with Crippen LogP contribution in [0.5, 0.6) is 0 Å². The van der Waals surface area contributed by atoms with E-state index >= 15 is 0 Å². The van der Waals surface area contributed by atoms with Crippen LogP contribution in [-0.2, 0) is 10.2 Å². The molecule has 0 bridgehead atoms. The number of nitrogens with one attached hydrogen (secondary N) is 1. The van der Waals surface area contributed by atoms with Gasteiger partial charge in [0.05, 0.1) is 6.04 Å². The van der Waals surface area contributed by atoms with Crippen LogP contribution in [0.2, 0.25) is 0 Å². The van der Waals surface area contributed by atoms with E-state index in [1.807, 2.05) is 0 Å². The maximum absolute atomic E-state index is 12.6. The van der Waals surface area contributed by atoms with Crippen LogP contribution in [0.25, 0.3) is 0 Å². The molecule has 0 spiro atoms. The SMILES string of the molecule is C[C@@H](C(=O)NCC1(c2ccccc2)CCCC1)N1CCCCC1. The normalized spacial score (nSPS) is 22.7. The second kappa shape index (κ2) is 7.48. The maximum Gasteiger partial charge on any atom is 0.237 e. The first-order valence-electron chi connectivity index (χ1n) is 9.29. The Morgan fingerprint density at radius 3 is 2.39 bits per heavy atom. The molecular weight excluding hydrogens is 284 g/mol. The van der Waals surface area contributed by atoms with E-state index in [1.54, 1.807) is 0 Å². The highest BCUT2D eigenvalue weighted by Gasteiger charge is 2.36. The molecule has 1 N–H and O–H groups in total. The number of carbonyl (C=O) groups excluding carboxylic acids is 1. The average molecular weight is 314 g/mol. The van der Waals surface area contributed by atoms with Crippen molar-refractivity contribution in [2.75, 3.05) is 19.6 Å². The molecule has 1 aliphatic carbocycles. The number of nitrogens with zero attached hydrogens (tertiary/aromatic N) is 1. The number of amides is 1. The van der Waals surface area contributed by atoms with Crippen LogP contribution in [-0.4, -0.2) is 36.5 Å². The highest BCUT2D eigenvalue weighted by molar-refractivity contribution is 5.81. The third kappa shape index (κ3) is 3.77. The lowest BCUT2D eigenvalue weighted by atomic mass is 9.79. The number of likely N-dealkylation sites (tertiary alicyclic amines) is 1. The minimum Gasteiger partial charge on any atom is -0.354 e. The van der Waals surface area contributed by atoms with Gasteiger partial charge in [0.15, 0.2) is 0 Å². The van der Waals surface area contributed by atoms with Crippen LogP contribution in [0, 0.1) is 0 Å². The Hall–Kier alpha value is -1.35. The Balaban J connectivity index is 1.62. The summed E-state index contributed by atoms with van der Waals surface area (Å²) in [6, 6.07) is 10.8. The van der Waals surface area contributed by atoms with Gasteiger partial charge in [-0.05, 0) is 51.3 Å². The molecule has 2 fully saturated rings. The zero-order valence-electron chi connectivity index (χ0n) is 14.4. The minimum atomic E-state index is 0.00419. The van der Waals surface area contributed by atoms with Crippen LogP contribution < -0.4 is 5.32 Å². The molecule has 1 heterocycles. The Labute approximate surface area is 140 Å². The first-order chi connectivity index (χ1) is 11.2. The number of benzene rings is 1. The molecule has 0 radical (unpaired) electrons. The average Bonchev–Trinajstić information content (AvgIpc) is 3.11. The fourth-order valence-electron chi connectivity index (χ4n) is 4.29. The van der Waals surface area contributed by atoms with Crippen molar-refractivity contribution in [1.82, 2.24) is 10.2 Å². The van der Waals surface area contributed by atoms with E-state index < -0.39 is 0 Å². The molecule has 1 aromatic carbocycles. The summed E-state index contributed by atoms with van der Waals surface area (Å²) in [7, 11) is 0. The van der Waals surface area contributed by atoms with Gasteiger partial charge in [-0.1, -0.05) is 49.6 Å². The van der Waals surface area contributed by atoms with Gasteiger partial charge in [-0.2, -0.15) is 0 Å². The highest BCUT2D eigenvalue weighted by atomic mass is 16.2. The van der Waals surface area contributed by atoms with E-state index in [0.717, 1.165) is 19.6 Å². The Kier molecular flexibility index (Phi) is 5.37. The van der Waals surface area contributed by atoms with Crippen molar-refractivity contribution in [2.45, 2.75) is 63.3 Å². The van der Waals surface area contributed by atoms with E-state index in [2.05, 4.69) is 47.5 Å². The first kappa shape index (κ1) is 16.5. The summed E-state index contributed by atoms with van der Waals surface area (Å²) in [5, 5.41) is 3.28. The number of hydrogen-bond donors (Lipinski definition) is 1. The zero-order valence-corrected chi connectivity index (χ0v) is 14.4. The van der Waals surface area contributed by atoms with Crippen molar-refractivity contribution < 1.29 is 4.79 Å². The van der Waals surface area contributed by atoms with Gasteiger partial charge in [0.1, 0.15) is 0 Å². The first-order valence-corrected chi connectivity index (χ1v) is 9.29. The van der Waals surface area contributed by atoms with Crippen molar-refractivity contribution >= 4 is 5.91 Å². The number of hydrogen-bond acceptors (Lipinski definition) is 2. The third-order valence-corrected chi connectivity index (χ3v) is 5.87. The van der Waals surface area contributed by atoms with Gasteiger partial charge in [-0.3, -0.25) is 9.69 Å². The molecule has 0 unspecified atom stereocenters. The third-order valence-electron chi connectivity index (χ3n) is 5.87. The van der Waals surface area contributed by atoms with Gasteiger partial charge in [0, 0.05) is 12.0 Å². The molecule has 3 rings (SSSR count). The Morgan fingerprint density at radius 2 is 1.74 bits per heavy atom. The largest absolute Gasteiger partial charge is 0.354 e. The van der Waals surface area contributed by atoms with E-state index in [1.165, 1.54) is 50.5 Å². The molecule has 1 aromatic rings. The second-order valence-corrected chi connectivity index (χ2v) is 7.34. The molecule has 23 heavy (non-hydrogen) atoms. The van der Waals surface area contributed by atoms with E-state index in [-0.39, 0.29) is 17.4 Å². The van der Waals surface area contributed by atoms with E-state index in [0.29, 0.717) is 0 Å². The van der Waals surface area contributed by atoms with Crippen LogP contribution in [0.4, 0.5) is 0 Å². The van der Waals surface area contributed by atoms with Crippen molar-refractivity contribution in [1.29, 1.82) is 0 Å². The Bertz CT molecular complexity index is 502. The lowest BCUT2D eigenvalue weighted by molar-refractivity contribution is -0.126. The second-order valence-electron chi connectivity index (χ2n) is 7.34. The molecule has 1 atom stereocenters. The molecule has 0 aromatic heterocycles. The maximum atomic E-state index is 12.6. The molecule has 1 saturated carbocycles. The minimum absolute atomic E-state index is 0.00419. The number of piperidine rings is 1. The van der Waals surface area contributed by atoms with Gasteiger partial charge in [-0.25, -0.2) is 0 Å². The Morgan fingerprint density at radius 1 is 1.09 bits per heavy atom. The summed E-state index contributed by atoms with van der Waals surface area (Å²) in [5.74, 6) is 0.203. The topological polar surface area (TPSA) is 32.3 Å². The summed E-state index contributed by atoms with van der Waals surface area (Å²) in [6.45, 7) is 4.98. The zero-order chi connectivity index (χ0) is 16.1. The van der Waals surface area contributed by atoms with E-state index in [9.17, 15) is 4.79 Å². The fraction of sp³-hybridized carbons (Fsp3) is 0.650. The van der Waals surface area contributed by atoms with Crippen LogP contribution in [0.15, 0.2) is 30.3 Å². The van der Waals surface area contributed by atoms with Gasteiger partial charge >= 0.3 is 0 Å². The summed E-state index contributed by atoms with van der Waals surface area (Å²) < 4.78 is 0. The molecule has 126 valence electrons. The molecule has 3 heteroatoms. The van der Waals surface area contributed by atoms with Gasteiger partial charge in [-0.15, -0.1) is 0 Å². The van der Waals surface area contributed by atoms with Crippen LogP contribution in [0.1, 0.15) is 57.4 Å². The predicted octanol–water partition coefficient (Wildman–Crippen LogP) is 3.49. The molecule has 2 aliphatic rings. The predicted molar refractivity (Wildman–Crippen MR) is 94.5 cm³/mol. The van der Waals surface area contributed by atoms with Gasteiger partial charge < -0.3 is 5.32 Å². The lowest BCUT2D eigenvalue weighted by Crippen LogP contribution is -2.49. The summed E-state index contributed by atoms with van der Waals surface area (Å²) in [5.41, 5.74) is 1.54. The quantitative estimate of drug-likeness (QED) is 0.902. The van der Waals surface area contributed by atoms with Crippen molar-refractivity contribution in [2.24, 2.45) is 0 Å². The summed E-state index contributed by atoms with van der Waals surface area (Å²) >= 11 is 0. The van der Waals surface area contributed by atoms with Crippen molar-refractivity contribution in [3.63, 3.8) is 0 Å². The lowest BCUT2D eigenvalue weighted by Gasteiger charge is -2.34. The number of rotatable bonds is 5. The van der Waals surface area contributed by atoms with Crippen LogP contribution >= 0.6 is 0 Å². The molecule has 1 aliphatic heterocycles. The monoisotopic (exact) mass is 314 g/mol.